The lowest BCUT2D eigenvalue weighted by atomic mass is 10.3. The molecule has 0 N–H and O–H groups in total. The van der Waals surface area contributed by atoms with Crippen LogP contribution in [0.1, 0.15) is 13.3 Å². The molecule has 0 atom stereocenters. The highest BCUT2D eigenvalue weighted by Gasteiger charge is 2.18. The van der Waals surface area contributed by atoms with Crippen molar-refractivity contribution in [3.05, 3.63) is 24.5 Å². The fourth-order valence-corrected chi connectivity index (χ4v) is 2.51. The number of anilines is 1. The van der Waals surface area contributed by atoms with E-state index in [0.717, 1.165) is 10.6 Å². The molecule has 2 heterocycles. The highest BCUT2D eigenvalue weighted by molar-refractivity contribution is 7.18. The van der Waals surface area contributed by atoms with Crippen molar-refractivity contribution in [1.29, 1.82) is 0 Å². The monoisotopic (exact) mass is 292 g/mol. The zero-order valence-corrected chi connectivity index (χ0v) is 12.3. The SMILES string of the molecule is CCC(=O)N(CCOC)c1nnc(-c2cccnc2)s1. The number of carbonyl (C=O) groups excluding carboxylic acids is 1. The summed E-state index contributed by atoms with van der Waals surface area (Å²) in [5.41, 5.74) is 0.895. The van der Waals surface area contributed by atoms with Crippen LogP contribution >= 0.6 is 11.3 Å². The summed E-state index contributed by atoms with van der Waals surface area (Å²) in [6.45, 7) is 2.77. The van der Waals surface area contributed by atoms with E-state index in [2.05, 4.69) is 15.2 Å². The second-order valence-electron chi connectivity index (χ2n) is 4.02. The molecule has 0 aromatic carbocycles. The minimum atomic E-state index is 0.0101. The van der Waals surface area contributed by atoms with Crippen LogP contribution in [0.25, 0.3) is 10.6 Å². The summed E-state index contributed by atoms with van der Waals surface area (Å²) in [4.78, 5) is 17.6. The number of pyridine rings is 1. The number of nitrogens with zero attached hydrogens (tertiary/aromatic N) is 4. The van der Waals surface area contributed by atoms with Crippen LogP contribution in [0.4, 0.5) is 5.13 Å². The van der Waals surface area contributed by atoms with Crippen molar-refractivity contribution in [1.82, 2.24) is 15.2 Å². The summed E-state index contributed by atoms with van der Waals surface area (Å²) in [7, 11) is 1.61. The van der Waals surface area contributed by atoms with Crippen molar-refractivity contribution in [3.8, 4) is 10.6 Å². The molecular formula is C13H16N4O2S. The summed E-state index contributed by atoms with van der Waals surface area (Å²) in [6.07, 6.45) is 3.86. The fourth-order valence-electron chi connectivity index (χ4n) is 1.63. The van der Waals surface area contributed by atoms with Gasteiger partial charge >= 0.3 is 0 Å². The molecule has 0 aliphatic carbocycles. The van der Waals surface area contributed by atoms with Crippen LogP contribution in [0.2, 0.25) is 0 Å². The first kappa shape index (κ1) is 14.5. The summed E-state index contributed by atoms with van der Waals surface area (Å²) in [5, 5.41) is 9.57. The number of hydrogen-bond donors (Lipinski definition) is 0. The topological polar surface area (TPSA) is 68.2 Å². The lowest BCUT2D eigenvalue weighted by Gasteiger charge is -2.17. The molecule has 1 amide bonds. The first-order chi connectivity index (χ1) is 9.76. The first-order valence-corrected chi connectivity index (χ1v) is 7.11. The molecular weight excluding hydrogens is 276 g/mol. The number of methoxy groups -OCH3 is 1. The van der Waals surface area contributed by atoms with Gasteiger partial charge in [0.2, 0.25) is 11.0 Å². The molecule has 0 spiro atoms. The predicted molar refractivity (Wildman–Crippen MR) is 77.7 cm³/mol. The van der Waals surface area contributed by atoms with Gasteiger partial charge in [0.15, 0.2) is 5.01 Å². The van der Waals surface area contributed by atoms with Crippen LogP contribution in [-0.2, 0) is 9.53 Å². The number of carbonyl (C=O) groups is 1. The van der Waals surface area contributed by atoms with E-state index in [9.17, 15) is 4.79 Å². The molecule has 0 bridgehead atoms. The molecule has 106 valence electrons. The molecule has 0 fully saturated rings. The van der Waals surface area contributed by atoms with Crippen molar-refractivity contribution < 1.29 is 9.53 Å². The van der Waals surface area contributed by atoms with E-state index in [1.165, 1.54) is 11.3 Å². The molecule has 20 heavy (non-hydrogen) atoms. The van der Waals surface area contributed by atoms with E-state index >= 15 is 0 Å². The average Bonchev–Trinajstić information content (AvgIpc) is 2.98. The molecule has 2 aromatic heterocycles. The van der Waals surface area contributed by atoms with Crippen molar-refractivity contribution in [2.45, 2.75) is 13.3 Å². The van der Waals surface area contributed by atoms with E-state index in [4.69, 9.17) is 4.74 Å². The van der Waals surface area contributed by atoms with Crippen molar-refractivity contribution in [2.75, 3.05) is 25.2 Å². The van der Waals surface area contributed by atoms with E-state index in [-0.39, 0.29) is 5.91 Å². The van der Waals surface area contributed by atoms with Gasteiger partial charge in [-0.2, -0.15) is 0 Å². The van der Waals surface area contributed by atoms with Crippen LogP contribution in [0, 0.1) is 0 Å². The van der Waals surface area contributed by atoms with E-state index < -0.39 is 0 Å². The Morgan fingerprint density at radius 2 is 2.30 bits per heavy atom. The highest BCUT2D eigenvalue weighted by atomic mass is 32.1. The normalized spacial score (nSPS) is 10.5. The number of amides is 1. The third-order valence-electron chi connectivity index (χ3n) is 2.68. The number of hydrogen-bond acceptors (Lipinski definition) is 6. The standard InChI is InChI=1S/C13H16N4O2S/c1-3-11(18)17(7-8-19-2)13-16-15-12(20-13)10-5-4-6-14-9-10/h4-6,9H,3,7-8H2,1-2H3. The van der Waals surface area contributed by atoms with Gasteiger partial charge in [0.25, 0.3) is 0 Å². The van der Waals surface area contributed by atoms with Crippen LogP contribution in [0.15, 0.2) is 24.5 Å². The molecule has 7 heteroatoms. The maximum absolute atomic E-state index is 12.0. The van der Waals surface area contributed by atoms with Crippen molar-refractivity contribution in [2.24, 2.45) is 0 Å². The second kappa shape index (κ2) is 7.06. The Morgan fingerprint density at radius 3 is 2.95 bits per heavy atom. The average molecular weight is 292 g/mol. The van der Waals surface area contributed by atoms with Gasteiger partial charge in [-0.1, -0.05) is 18.3 Å². The summed E-state index contributed by atoms with van der Waals surface area (Å²) >= 11 is 1.38. The maximum Gasteiger partial charge on any atom is 0.228 e. The third kappa shape index (κ3) is 3.37. The Hall–Kier alpha value is -1.86. The predicted octanol–water partition coefficient (Wildman–Crippen LogP) is 1.99. The molecule has 0 aliphatic rings. The van der Waals surface area contributed by atoms with Crippen LogP contribution in [0.5, 0.6) is 0 Å². The van der Waals surface area contributed by atoms with Gasteiger partial charge in [0.1, 0.15) is 0 Å². The van der Waals surface area contributed by atoms with Crippen molar-refractivity contribution >= 4 is 22.4 Å². The molecule has 6 nitrogen and oxygen atoms in total. The number of rotatable bonds is 6. The molecule has 0 saturated heterocycles. The summed E-state index contributed by atoms with van der Waals surface area (Å²) < 4.78 is 5.03. The Balaban J connectivity index is 2.22. The molecule has 0 aliphatic heterocycles. The fraction of sp³-hybridized carbons (Fsp3) is 0.385. The lowest BCUT2D eigenvalue weighted by Crippen LogP contribution is -2.33. The van der Waals surface area contributed by atoms with Crippen LogP contribution in [0.3, 0.4) is 0 Å². The molecule has 0 saturated carbocycles. The van der Waals surface area contributed by atoms with Crippen molar-refractivity contribution in [3.63, 3.8) is 0 Å². The minimum absolute atomic E-state index is 0.0101. The van der Waals surface area contributed by atoms with Gasteiger partial charge in [-0.15, -0.1) is 10.2 Å². The summed E-state index contributed by atoms with van der Waals surface area (Å²) in [6, 6.07) is 3.76. The van der Waals surface area contributed by atoms with Gasteiger partial charge in [0.05, 0.1) is 13.2 Å². The number of ether oxygens (including phenoxy) is 1. The zero-order chi connectivity index (χ0) is 14.4. The lowest BCUT2D eigenvalue weighted by molar-refractivity contribution is -0.118. The van der Waals surface area contributed by atoms with Gasteiger partial charge in [-0.05, 0) is 12.1 Å². The van der Waals surface area contributed by atoms with Gasteiger partial charge in [0, 0.05) is 31.5 Å². The van der Waals surface area contributed by atoms with E-state index in [1.807, 2.05) is 19.1 Å². The van der Waals surface area contributed by atoms with Gasteiger partial charge in [-0.3, -0.25) is 14.7 Å². The molecule has 2 aromatic rings. The Kier molecular flexibility index (Phi) is 5.14. The van der Waals surface area contributed by atoms with E-state index in [0.29, 0.717) is 24.7 Å². The Morgan fingerprint density at radius 1 is 1.45 bits per heavy atom. The first-order valence-electron chi connectivity index (χ1n) is 6.29. The van der Waals surface area contributed by atoms with Crippen LogP contribution < -0.4 is 4.90 Å². The zero-order valence-electron chi connectivity index (χ0n) is 11.4. The largest absolute Gasteiger partial charge is 0.383 e. The highest BCUT2D eigenvalue weighted by Crippen LogP contribution is 2.28. The van der Waals surface area contributed by atoms with E-state index in [1.54, 1.807) is 24.4 Å². The minimum Gasteiger partial charge on any atom is -0.383 e. The quantitative estimate of drug-likeness (QED) is 0.814. The number of aromatic nitrogens is 3. The van der Waals surface area contributed by atoms with Gasteiger partial charge < -0.3 is 4.74 Å². The third-order valence-corrected chi connectivity index (χ3v) is 3.67. The smallest absolute Gasteiger partial charge is 0.228 e. The molecule has 0 radical (unpaired) electrons. The Bertz CT molecular complexity index is 559. The Labute approximate surface area is 121 Å². The van der Waals surface area contributed by atoms with Crippen LogP contribution in [-0.4, -0.2) is 41.3 Å². The molecule has 2 rings (SSSR count). The summed E-state index contributed by atoms with van der Waals surface area (Å²) in [5.74, 6) is 0.0101. The van der Waals surface area contributed by atoms with Gasteiger partial charge in [-0.25, -0.2) is 0 Å². The molecule has 0 unspecified atom stereocenters. The second-order valence-corrected chi connectivity index (χ2v) is 4.98. The maximum atomic E-state index is 12.0.